The molecule has 3 nitrogen and oxygen atoms in total. The molecule has 0 radical (unpaired) electrons. The van der Waals surface area contributed by atoms with Crippen molar-refractivity contribution in [3.63, 3.8) is 0 Å². The molecule has 0 aromatic carbocycles. The number of unbranched alkanes of at least 4 members (excludes halogenated alkanes) is 2. The molecule has 0 bridgehead atoms. The van der Waals surface area contributed by atoms with Gasteiger partial charge in [-0.05, 0) is 20.3 Å². The Balaban J connectivity index is 2.77. The van der Waals surface area contributed by atoms with E-state index in [2.05, 4.69) is 49.5 Å². The minimum Gasteiger partial charge on any atom is -0.375 e. The maximum absolute atomic E-state index is 4.58. The quantitative estimate of drug-likeness (QED) is 0.695. The molecule has 0 saturated heterocycles. The first-order chi connectivity index (χ1) is 7.07. The summed E-state index contributed by atoms with van der Waals surface area (Å²) in [5.41, 5.74) is 3.69. The van der Waals surface area contributed by atoms with Gasteiger partial charge in [-0.2, -0.15) is 5.10 Å². The summed E-state index contributed by atoms with van der Waals surface area (Å²) in [6, 6.07) is 0. The molecule has 1 aromatic rings. The van der Waals surface area contributed by atoms with Crippen molar-refractivity contribution in [2.24, 2.45) is 0 Å². The van der Waals surface area contributed by atoms with Crippen molar-refractivity contribution in [3.05, 3.63) is 11.4 Å². The molecule has 0 amide bonds. The van der Waals surface area contributed by atoms with E-state index in [0.717, 1.165) is 12.2 Å². The number of anilines is 1. The van der Waals surface area contributed by atoms with Gasteiger partial charge in [0.05, 0.1) is 17.1 Å². The summed E-state index contributed by atoms with van der Waals surface area (Å²) in [7, 11) is 4.15. The van der Waals surface area contributed by atoms with E-state index in [4.69, 9.17) is 0 Å². The monoisotopic (exact) mass is 209 g/mol. The lowest BCUT2D eigenvalue weighted by molar-refractivity contribution is 0.540. The van der Waals surface area contributed by atoms with Gasteiger partial charge in [-0.15, -0.1) is 0 Å². The maximum Gasteiger partial charge on any atom is 0.0829 e. The number of aryl methyl sites for hydroxylation is 2. The Morgan fingerprint density at radius 2 is 1.87 bits per heavy atom. The SMILES string of the molecule is CCCCCn1nc(C)c(N(C)C)c1C. The van der Waals surface area contributed by atoms with Crippen molar-refractivity contribution in [3.8, 4) is 0 Å². The smallest absolute Gasteiger partial charge is 0.0829 e. The lowest BCUT2D eigenvalue weighted by Crippen LogP contribution is -2.11. The van der Waals surface area contributed by atoms with Gasteiger partial charge in [0.15, 0.2) is 0 Å². The van der Waals surface area contributed by atoms with Crippen LogP contribution in [0.4, 0.5) is 5.69 Å². The van der Waals surface area contributed by atoms with E-state index in [1.54, 1.807) is 0 Å². The largest absolute Gasteiger partial charge is 0.375 e. The minimum atomic E-state index is 1.05. The van der Waals surface area contributed by atoms with Crippen molar-refractivity contribution < 1.29 is 0 Å². The molecular weight excluding hydrogens is 186 g/mol. The molecule has 0 fully saturated rings. The second-order valence-electron chi connectivity index (χ2n) is 4.34. The van der Waals surface area contributed by atoms with Gasteiger partial charge in [-0.25, -0.2) is 0 Å². The molecule has 0 aliphatic heterocycles. The van der Waals surface area contributed by atoms with Crippen molar-refractivity contribution in [2.75, 3.05) is 19.0 Å². The first-order valence-corrected chi connectivity index (χ1v) is 5.79. The van der Waals surface area contributed by atoms with Gasteiger partial charge in [0.1, 0.15) is 0 Å². The summed E-state index contributed by atoms with van der Waals surface area (Å²) in [6.07, 6.45) is 3.78. The summed E-state index contributed by atoms with van der Waals surface area (Å²) in [6.45, 7) is 7.51. The van der Waals surface area contributed by atoms with E-state index in [1.807, 2.05) is 0 Å². The van der Waals surface area contributed by atoms with Crippen LogP contribution >= 0.6 is 0 Å². The van der Waals surface area contributed by atoms with Crippen LogP contribution in [0, 0.1) is 13.8 Å². The number of rotatable bonds is 5. The summed E-state index contributed by atoms with van der Waals surface area (Å²) >= 11 is 0. The van der Waals surface area contributed by atoms with Gasteiger partial charge in [0.25, 0.3) is 0 Å². The Bertz CT molecular complexity index is 313. The van der Waals surface area contributed by atoms with Gasteiger partial charge < -0.3 is 4.90 Å². The molecule has 0 aliphatic rings. The van der Waals surface area contributed by atoms with Crippen molar-refractivity contribution in [1.29, 1.82) is 0 Å². The Labute approximate surface area is 93.1 Å². The normalized spacial score (nSPS) is 10.7. The topological polar surface area (TPSA) is 21.1 Å². The number of hydrogen-bond acceptors (Lipinski definition) is 2. The standard InChI is InChI=1S/C12H23N3/c1-6-7-8-9-15-11(3)12(14(4)5)10(2)13-15/h6-9H2,1-5H3. The average molecular weight is 209 g/mol. The lowest BCUT2D eigenvalue weighted by atomic mass is 10.2. The summed E-state index contributed by atoms with van der Waals surface area (Å²) in [5.74, 6) is 0. The Morgan fingerprint density at radius 3 is 2.33 bits per heavy atom. The molecule has 0 aliphatic carbocycles. The van der Waals surface area contributed by atoms with Crippen LogP contribution in [-0.4, -0.2) is 23.9 Å². The number of hydrogen-bond donors (Lipinski definition) is 0. The van der Waals surface area contributed by atoms with Crippen LogP contribution in [0.1, 0.15) is 37.6 Å². The third-order valence-corrected chi connectivity index (χ3v) is 2.76. The number of aromatic nitrogens is 2. The van der Waals surface area contributed by atoms with Crippen LogP contribution in [0.15, 0.2) is 0 Å². The van der Waals surface area contributed by atoms with E-state index in [0.29, 0.717) is 0 Å². The molecular formula is C12H23N3. The fraction of sp³-hybridized carbons (Fsp3) is 0.750. The zero-order valence-electron chi connectivity index (χ0n) is 10.7. The molecule has 1 rings (SSSR count). The van der Waals surface area contributed by atoms with Crippen molar-refractivity contribution in [1.82, 2.24) is 9.78 Å². The highest BCUT2D eigenvalue weighted by Gasteiger charge is 2.12. The highest BCUT2D eigenvalue weighted by molar-refractivity contribution is 5.53. The molecule has 1 aromatic heterocycles. The zero-order valence-corrected chi connectivity index (χ0v) is 10.7. The van der Waals surface area contributed by atoms with E-state index in [1.165, 1.54) is 30.6 Å². The molecule has 0 spiro atoms. The van der Waals surface area contributed by atoms with Gasteiger partial charge in [-0.1, -0.05) is 19.8 Å². The lowest BCUT2D eigenvalue weighted by Gasteiger charge is -2.12. The predicted octanol–water partition coefficient (Wildman–Crippen LogP) is 2.76. The molecule has 3 heteroatoms. The summed E-state index contributed by atoms with van der Waals surface area (Å²) in [5, 5.41) is 4.58. The van der Waals surface area contributed by atoms with Gasteiger partial charge in [0, 0.05) is 20.6 Å². The second-order valence-corrected chi connectivity index (χ2v) is 4.34. The highest BCUT2D eigenvalue weighted by Crippen LogP contribution is 2.22. The van der Waals surface area contributed by atoms with Gasteiger partial charge >= 0.3 is 0 Å². The van der Waals surface area contributed by atoms with E-state index >= 15 is 0 Å². The molecule has 15 heavy (non-hydrogen) atoms. The molecule has 0 unspecified atom stereocenters. The molecule has 0 saturated carbocycles. The molecule has 1 heterocycles. The van der Waals surface area contributed by atoms with Crippen LogP contribution in [0.25, 0.3) is 0 Å². The van der Waals surface area contributed by atoms with E-state index in [-0.39, 0.29) is 0 Å². The van der Waals surface area contributed by atoms with Gasteiger partial charge in [0.2, 0.25) is 0 Å². The van der Waals surface area contributed by atoms with Crippen molar-refractivity contribution >= 4 is 5.69 Å². The molecule has 86 valence electrons. The average Bonchev–Trinajstić information content (AvgIpc) is 2.42. The maximum atomic E-state index is 4.58. The van der Waals surface area contributed by atoms with Crippen molar-refractivity contribution in [2.45, 2.75) is 46.6 Å². The second kappa shape index (κ2) is 5.19. The Hall–Kier alpha value is -0.990. The van der Waals surface area contributed by atoms with Crippen LogP contribution < -0.4 is 4.90 Å². The van der Waals surface area contributed by atoms with E-state index in [9.17, 15) is 0 Å². The Morgan fingerprint density at radius 1 is 1.20 bits per heavy atom. The summed E-state index contributed by atoms with van der Waals surface area (Å²) < 4.78 is 2.14. The number of nitrogens with zero attached hydrogens (tertiary/aromatic N) is 3. The third-order valence-electron chi connectivity index (χ3n) is 2.76. The molecule has 0 N–H and O–H groups in total. The highest BCUT2D eigenvalue weighted by atomic mass is 15.3. The molecule has 0 atom stereocenters. The zero-order chi connectivity index (χ0) is 11.4. The van der Waals surface area contributed by atoms with Crippen LogP contribution in [-0.2, 0) is 6.54 Å². The third kappa shape index (κ3) is 2.74. The predicted molar refractivity (Wildman–Crippen MR) is 65.6 cm³/mol. The fourth-order valence-corrected chi connectivity index (χ4v) is 2.06. The fourth-order valence-electron chi connectivity index (χ4n) is 2.06. The van der Waals surface area contributed by atoms with Crippen LogP contribution in [0.5, 0.6) is 0 Å². The van der Waals surface area contributed by atoms with Gasteiger partial charge in [-0.3, -0.25) is 4.68 Å². The first kappa shape index (κ1) is 12.1. The van der Waals surface area contributed by atoms with Crippen LogP contribution in [0.3, 0.4) is 0 Å². The minimum absolute atomic E-state index is 1.05. The van der Waals surface area contributed by atoms with E-state index < -0.39 is 0 Å². The Kier molecular flexibility index (Phi) is 4.18. The van der Waals surface area contributed by atoms with Crippen LogP contribution in [0.2, 0.25) is 0 Å². The first-order valence-electron chi connectivity index (χ1n) is 5.79. The summed E-state index contributed by atoms with van der Waals surface area (Å²) in [4.78, 5) is 2.15.